The van der Waals surface area contributed by atoms with Crippen LogP contribution in [0.5, 0.6) is 0 Å². The van der Waals surface area contributed by atoms with Gasteiger partial charge in [-0.25, -0.2) is 8.42 Å². The predicted molar refractivity (Wildman–Crippen MR) is 80.1 cm³/mol. The van der Waals surface area contributed by atoms with Crippen molar-refractivity contribution in [1.29, 1.82) is 5.26 Å². The Morgan fingerprint density at radius 3 is 2.62 bits per heavy atom. The lowest BCUT2D eigenvalue weighted by Gasteiger charge is -2.09. The van der Waals surface area contributed by atoms with Crippen LogP contribution in [0.2, 0.25) is 0 Å². The molecule has 1 aromatic carbocycles. The van der Waals surface area contributed by atoms with Gasteiger partial charge in [-0.1, -0.05) is 0 Å². The highest BCUT2D eigenvalue weighted by molar-refractivity contribution is 7.93. The number of rotatable bonds is 6. The van der Waals surface area contributed by atoms with Gasteiger partial charge >= 0.3 is 0 Å². The van der Waals surface area contributed by atoms with Crippen LogP contribution < -0.4 is 0 Å². The molecule has 21 heavy (non-hydrogen) atoms. The highest BCUT2D eigenvalue weighted by Crippen LogP contribution is 2.15. The Balaban J connectivity index is 1.91. The summed E-state index contributed by atoms with van der Waals surface area (Å²) < 4.78 is 41.5. The Morgan fingerprint density at radius 1 is 1.33 bits per heavy atom. The Morgan fingerprint density at radius 2 is 2.05 bits per heavy atom. The standard InChI is InChI=1S/C14H17NO4S2/c15-10-12-3-5-14(6-4-12)21(17,18)9-8-20(16)11-13-2-1-7-19-13/h3-6,13H,1-2,7-9,11H2. The summed E-state index contributed by atoms with van der Waals surface area (Å²) in [5.74, 6) is 0.364. The second-order valence-corrected chi connectivity index (χ2v) is 8.63. The van der Waals surface area contributed by atoms with Gasteiger partial charge < -0.3 is 4.74 Å². The number of benzene rings is 1. The van der Waals surface area contributed by atoms with Gasteiger partial charge in [-0.15, -0.1) is 0 Å². The average Bonchev–Trinajstić information content (AvgIpc) is 2.98. The number of hydrogen-bond donors (Lipinski definition) is 0. The average molecular weight is 327 g/mol. The second-order valence-electron chi connectivity index (χ2n) is 4.90. The van der Waals surface area contributed by atoms with Crippen molar-refractivity contribution in [3.05, 3.63) is 29.8 Å². The lowest BCUT2D eigenvalue weighted by atomic mass is 10.2. The molecule has 1 saturated heterocycles. The molecule has 0 amide bonds. The summed E-state index contributed by atoms with van der Waals surface area (Å²) in [5.41, 5.74) is 0.413. The number of nitrogens with zero attached hydrogens (tertiary/aromatic N) is 1. The van der Waals surface area contributed by atoms with Gasteiger partial charge in [0.05, 0.1) is 28.4 Å². The SMILES string of the molecule is N#Cc1ccc(S(=O)(=O)CCS(=O)CC2CCCO2)cc1. The van der Waals surface area contributed by atoms with Crippen LogP contribution in [-0.2, 0) is 25.4 Å². The van der Waals surface area contributed by atoms with Crippen LogP contribution in [0.15, 0.2) is 29.2 Å². The van der Waals surface area contributed by atoms with E-state index in [4.69, 9.17) is 10.00 Å². The van der Waals surface area contributed by atoms with Crippen LogP contribution in [0, 0.1) is 11.3 Å². The fourth-order valence-electron chi connectivity index (χ4n) is 2.12. The Kier molecular flexibility index (Phi) is 5.51. The van der Waals surface area contributed by atoms with E-state index in [1.54, 1.807) is 0 Å². The van der Waals surface area contributed by atoms with E-state index in [9.17, 15) is 12.6 Å². The molecule has 2 atom stereocenters. The zero-order valence-electron chi connectivity index (χ0n) is 11.5. The predicted octanol–water partition coefficient (Wildman–Crippen LogP) is 1.26. The summed E-state index contributed by atoms with van der Waals surface area (Å²) in [7, 11) is -4.65. The van der Waals surface area contributed by atoms with Crippen LogP contribution in [0.1, 0.15) is 18.4 Å². The van der Waals surface area contributed by atoms with E-state index in [0.717, 1.165) is 12.8 Å². The first-order valence-corrected chi connectivity index (χ1v) is 9.85. The number of hydrogen-bond acceptors (Lipinski definition) is 5. The third-order valence-corrected chi connectivity index (χ3v) is 6.71. The molecule has 1 aromatic rings. The smallest absolute Gasteiger partial charge is 0.179 e. The summed E-state index contributed by atoms with van der Waals surface area (Å²) in [5, 5.41) is 8.69. The second kappa shape index (κ2) is 7.16. The summed E-state index contributed by atoms with van der Waals surface area (Å²) >= 11 is 0. The molecule has 1 fully saturated rings. The highest BCUT2D eigenvalue weighted by Gasteiger charge is 2.21. The minimum absolute atomic E-state index is 0.00319. The van der Waals surface area contributed by atoms with Crippen LogP contribution in [0.4, 0.5) is 0 Å². The van der Waals surface area contributed by atoms with Crippen molar-refractivity contribution in [2.24, 2.45) is 0 Å². The Labute approximate surface area is 127 Å². The van der Waals surface area contributed by atoms with Crippen LogP contribution >= 0.6 is 0 Å². The van der Waals surface area contributed by atoms with Crippen molar-refractivity contribution in [3.63, 3.8) is 0 Å². The molecular weight excluding hydrogens is 310 g/mol. The van der Waals surface area contributed by atoms with Gasteiger partial charge in [-0.3, -0.25) is 4.21 Å². The van der Waals surface area contributed by atoms with Crippen molar-refractivity contribution in [1.82, 2.24) is 0 Å². The maximum atomic E-state index is 12.1. The van der Waals surface area contributed by atoms with Gasteiger partial charge in [-0.05, 0) is 37.1 Å². The molecule has 7 heteroatoms. The van der Waals surface area contributed by atoms with Gasteiger partial charge in [0.2, 0.25) is 0 Å². The minimum Gasteiger partial charge on any atom is -0.377 e. The van der Waals surface area contributed by atoms with Gasteiger partial charge in [-0.2, -0.15) is 5.26 Å². The van der Waals surface area contributed by atoms with Gasteiger partial charge in [0.25, 0.3) is 0 Å². The van der Waals surface area contributed by atoms with Crippen molar-refractivity contribution in [2.45, 2.75) is 23.8 Å². The van der Waals surface area contributed by atoms with E-state index in [1.165, 1.54) is 24.3 Å². The molecule has 0 radical (unpaired) electrons. The maximum Gasteiger partial charge on any atom is 0.179 e. The van der Waals surface area contributed by atoms with E-state index in [-0.39, 0.29) is 22.5 Å². The molecule has 1 heterocycles. The highest BCUT2D eigenvalue weighted by atomic mass is 32.2. The fraction of sp³-hybridized carbons (Fsp3) is 0.500. The Hall–Kier alpha value is -1.23. The van der Waals surface area contributed by atoms with Crippen LogP contribution in [0.3, 0.4) is 0 Å². The normalized spacial score (nSPS) is 20.0. The van der Waals surface area contributed by atoms with Gasteiger partial charge in [0.15, 0.2) is 9.84 Å². The molecule has 0 aliphatic carbocycles. The molecule has 0 aromatic heterocycles. The lowest BCUT2D eigenvalue weighted by Crippen LogP contribution is -2.21. The summed E-state index contributed by atoms with van der Waals surface area (Å²) in [4.78, 5) is 0.163. The third-order valence-electron chi connectivity index (χ3n) is 3.32. The zero-order valence-corrected chi connectivity index (χ0v) is 13.2. The van der Waals surface area contributed by atoms with E-state index >= 15 is 0 Å². The number of ether oxygens (including phenoxy) is 1. The van der Waals surface area contributed by atoms with Gasteiger partial charge in [0, 0.05) is 28.9 Å². The third kappa shape index (κ3) is 4.63. The van der Waals surface area contributed by atoms with E-state index < -0.39 is 20.6 Å². The van der Waals surface area contributed by atoms with Gasteiger partial charge in [0.1, 0.15) is 0 Å². The minimum atomic E-state index is -3.46. The first kappa shape index (κ1) is 16.1. The molecule has 5 nitrogen and oxygen atoms in total. The molecular formula is C14H17NO4S2. The fourth-order valence-corrected chi connectivity index (χ4v) is 5.38. The molecule has 1 aliphatic rings. The van der Waals surface area contributed by atoms with Crippen molar-refractivity contribution < 1.29 is 17.4 Å². The molecule has 0 spiro atoms. The first-order chi connectivity index (χ1) is 10.0. The lowest BCUT2D eigenvalue weighted by molar-refractivity contribution is 0.128. The van der Waals surface area contributed by atoms with E-state index in [0.29, 0.717) is 17.9 Å². The van der Waals surface area contributed by atoms with Crippen molar-refractivity contribution >= 4 is 20.6 Å². The molecule has 0 bridgehead atoms. The monoisotopic (exact) mass is 327 g/mol. The number of nitriles is 1. The maximum absolute atomic E-state index is 12.1. The molecule has 114 valence electrons. The summed E-state index contributed by atoms with van der Waals surface area (Å²) in [6, 6.07) is 7.70. The summed E-state index contributed by atoms with van der Waals surface area (Å²) in [6.45, 7) is 0.700. The molecule has 1 aliphatic heterocycles. The van der Waals surface area contributed by atoms with Crippen LogP contribution in [-0.4, -0.2) is 42.6 Å². The topological polar surface area (TPSA) is 84.2 Å². The molecule has 0 saturated carbocycles. The number of sulfone groups is 1. The molecule has 2 unspecified atom stereocenters. The summed E-state index contributed by atoms with van der Waals surface area (Å²) in [6.07, 6.45) is 1.88. The van der Waals surface area contributed by atoms with E-state index in [1.807, 2.05) is 6.07 Å². The molecule has 2 rings (SSSR count). The van der Waals surface area contributed by atoms with E-state index in [2.05, 4.69) is 0 Å². The quantitative estimate of drug-likeness (QED) is 0.785. The first-order valence-electron chi connectivity index (χ1n) is 6.71. The molecule has 0 N–H and O–H groups in total. The van der Waals surface area contributed by atoms with Crippen LogP contribution in [0.25, 0.3) is 0 Å². The van der Waals surface area contributed by atoms with Crippen molar-refractivity contribution in [2.75, 3.05) is 23.9 Å². The largest absolute Gasteiger partial charge is 0.377 e. The Bertz CT molecular complexity index is 641. The van der Waals surface area contributed by atoms with Crippen molar-refractivity contribution in [3.8, 4) is 6.07 Å². The zero-order chi connectivity index (χ0) is 15.3.